The summed E-state index contributed by atoms with van der Waals surface area (Å²) in [7, 11) is 0. The van der Waals surface area contributed by atoms with Gasteiger partial charge in [-0.25, -0.2) is 4.79 Å². The lowest BCUT2D eigenvalue weighted by Gasteiger charge is -2.42. The highest BCUT2D eigenvalue weighted by molar-refractivity contribution is 5.86. The number of amides is 1. The van der Waals surface area contributed by atoms with Crippen molar-refractivity contribution >= 4 is 16.9 Å². The zero-order chi connectivity index (χ0) is 23.3. The maximum atomic E-state index is 12.2. The highest BCUT2D eigenvalue weighted by Gasteiger charge is 2.37. The van der Waals surface area contributed by atoms with E-state index < -0.39 is 23.8 Å². The summed E-state index contributed by atoms with van der Waals surface area (Å²) >= 11 is 0. The quantitative estimate of drug-likeness (QED) is 0.453. The smallest absolute Gasteiger partial charge is 0.408 e. The Kier molecular flexibility index (Phi) is 7.54. The lowest BCUT2D eigenvalue weighted by molar-refractivity contribution is 0.00705. The Morgan fingerprint density at radius 2 is 1.59 bits per heavy atom. The van der Waals surface area contributed by atoms with Gasteiger partial charge < -0.3 is 15.5 Å². The molecular weight excluding hydrogens is 400 g/mol. The fourth-order valence-corrected chi connectivity index (χ4v) is 4.35. The van der Waals surface area contributed by atoms with Gasteiger partial charge in [-0.05, 0) is 56.0 Å². The normalized spacial score (nSPS) is 14.7. The molecule has 1 amide bonds. The van der Waals surface area contributed by atoms with Crippen LogP contribution in [-0.2, 0) is 6.42 Å². The van der Waals surface area contributed by atoms with E-state index >= 15 is 0 Å². The van der Waals surface area contributed by atoms with Crippen LogP contribution in [0.3, 0.4) is 0 Å². The molecule has 5 heteroatoms. The summed E-state index contributed by atoms with van der Waals surface area (Å²) in [5.41, 5.74) is 1.50. The predicted octanol–water partition coefficient (Wildman–Crippen LogP) is 5.24. The lowest BCUT2D eigenvalue weighted by Crippen LogP contribution is -2.58. The highest BCUT2D eigenvalue weighted by atomic mass is 16.4. The Labute approximate surface area is 190 Å². The second kappa shape index (κ2) is 10.2. The topological polar surface area (TPSA) is 72.8 Å². The fourth-order valence-electron chi connectivity index (χ4n) is 4.35. The molecule has 5 nitrogen and oxygen atoms in total. The molecule has 0 heterocycles. The number of fused-ring (bicyclic) bond motifs is 1. The van der Waals surface area contributed by atoms with E-state index in [0.717, 1.165) is 11.1 Å². The summed E-state index contributed by atoms with van der Waals surface area (Å²) in [6.45, 7) is 7.93. The molecule has 0 saturated heterocycles. The molecule has 3 aromatic rings. The molecule has 0 unspecified atom stereocenters. The van der Waals surface area contributed by atoms with Crippen molar-refractivity contribution in [1.29, 1.82) is 0 Å². The van der Waals surface area contributed by atoms with E-state index in [4.69, 9.17) is 0 Å². The first-order valence-electron chi connectivity index (χ1n) is 11.1. The number of benzene rings is 3. The van der Waals surface area contributed by atoms with Crippen molar-refractivity contribution in [3.8, 4) is 0 Å². The molecule has 0 fully saturated rings. The van der Waals surface area contributed by atoms with Gasteiger partial charge in [0.05, 0.1) is 12.1 Å². The molecule has 0 aliphatic heterocycles. The maximum absolute atomic E-state index is 12.2. The van der Waals surface area contributed by atoms with Crippen LogP contribution in [0.15, 0.2) is 72.8 Å². The molecule has 0 radical (unpaired) electrons. The number of rotatable bonds is 8. The zero-order valence-electron chi connectivity index (χ0n) is 19.3. The molecule has 0 spiro atoms. The fraction of sp³-hybridized carbons (Fsp3) is 0.370. The van der Waals surface area contributed by atoms with Gasteiger partial charge in [0.25, 0.3) is 0 Å². The maximum Gasteiger partial charge on any atom is 0.408 e. The van der Waals surface area contributed by atoms with Gasteiger partial charge in [0.15, 0.2) is 0 Å². The van der Waals surface area contributed by atoms with Gasteiger partial charge in [-0.2, -0.15) is 0 Å². The predicted molar refractivity (Wildman–Crippen MR) is 130 cm³/mol. The van der Waals surface area contributed by atoms with Gasteiger partial charge in [-0.15, -0.1) is 0 Å². The summed E-state index contributed by atoms with van der Waals surface area (Å²) < 4.78 is 0. The minimum Gasteiger partial charge on any atom is -0.465 e. The summed E-state index contributed by atoms with van der Waals surface area (Å²) in [6, 6.07) is 23.6. The first kappa shape index (κ1) is 23.8. The summed E-state index contributed by atoms with van der Waals surface area (Å²) in [5, 5.41) is 26.9. The molecule has 0 aromatic heterocycles. The Morgan fingerprint density at radius 1 is 0.969 bits per heavy atom. The zero-order valence-corrected chi connectivity index (χ0v) is 19.3. The number of carbonyl (C=O) groups is 1. The van der Waals surface area contributed by atoms with Crippen LogP contribution in [0.4, 0.5) is 4.79 Å². The van der Waals surface area contributed by atoms with Crippen molar-refractivity contribution in [2.24, 2.45) is 0 Å². The van der Waals surface area contributed by atoms with Crippen LogP contribution in [0.5, 0.6) is 0 Å². The van der Waals surface area contributed by atoms with Gasteiger partial charge in [-0.3, -0.25) is 4.90 Å². The number of hydrogen-bond acceptors (Lipinski definition) is 3. The molecule has 3 N–H and O–H groups in total. The third-order valence-electron chi connectivity index (χ3n) is 5.92. The Hall–Kier alpha value is -2.89. The van der Waals surface area contributed by atoms with Crippen molar-refractivity contribution in [2.45, 2.75) is 57.8 Å². The third-order valence-corrected chi connectivity index (χ3v) is 5.92. The molecule has 0 bridgehead atoms. The van der Waals surface area contributed by atoms with Crippen LogP contribution < -0.4 is 5.32 Å². The van der Waals surface area contributed by atoms with Gasteiger partial charge >= 0.3 is 6.09 Å². The Morgan fingerprint density at radius 3 is 2.25 bits per heavy atom. The molecule has 3 aromatic carbocycles. The molecule has 170 valence electrons. The molecule has 32 heavy (non-hydrogen) atoms. The average molecular weight is 435 g/mol. The van der Waals surface area contributed by atoms with Crippen molar-refractivity contribution in [3.05, 3.63) is 83.9 Å². The van der Waals surface area contributed by atoms with E-state index in [1.807, 2.05) is 69.3 Å². The van der Waals surface area contributed by atoms with Crippen LogP contribution in [-0.4, -0.2) is 45.4 Å². The van der Waals surface area contributed by atoms with Crippen LogP contribution in [0.2, 0.25) is 0 Å². The van der Waals surface area contributed by atoms with E-state index in [0.29, 0.717) is 6.42 Å². The van der Waals surface area contributed by atoms with Crippen molar-refractivity contribution in [1.82, 2.24) is 10.2 Å². The summed E-state index contributed by atoms with van der Waals surface area (Å²) in [6.07, 6.45) is -1.46. The Balaban J connectivity index is 1.81. The molecule has 0 saturated carbocycles. The van der Waals surface area contributed by atoms with E-state index in [2.05, 4.69) is 36.5 Å². The van der Waals surface area contributed by atoms with Gasteiger partial charge in [0.2, 0.25) is 0 Å². The highest BCUT2D eigenvalue weighted by Crippen LogP contribution is 2.26. The van der Waals surface area contributed by atoms with E-state index in [9.17, 15) is 15.0 Å². The lowest BCUT2D eigenvalue weighted by atomic mass is 9.94. The third kappa shape index (κ3) is 5.67. The van der Waals surface area contributed by atoms with Crippen molar-refractivity contribution < 1.29 is 15.0 Å². The van der Waals surface area contributed by atoms with Gasteiger partial charge in [0, 0.05) is 18.1 Å². The number of aliphatic hydroxyl groups is 1. The number of hydrogen-bond donors (Lipinski definition) is 3. The summed E-state index contributed by atoms with van der Waals surface area (Å²) in [4.78, 5) is 13.6. The minimum absolute atomic E-state index is 0.000963. The minimum atomic E-state index is -1.03. The SMILES string of the molecule is C[C@@H](NC[C@@H](O)[C@H](Cc1ccccc1)N(C(=O)O)C(C)(C)C)c1cccc2ccccc12. The van der Waals surface area contributed by atoms with E-state index in [1.165, 1.54) is 15.7 Å². The summed E-state index contributed by atoms with van der Waals surface area (Å²) in [5.74, 6) is 0. The number of carboxylic acid groups (broad SMARTS) is 1. The van der Waals surface area contributed by atoms with Crippen LogP contribution in [0.1, 0.15) is 44.9 Å². The van der Waals surface area contributed by atoms with E-state index in [1.54, 1.807) is 0 Å². The van der Waals surface area contributed by atoms with Crippen molar-refractivity contribution in [3.63, 3.8) is 0 Å². The second-order valence-corrected chi connectivity index (χ2v) is 9.35. The molecule has 0 aliphatic rings. The monoisotopic (exact) mass is 434 g/mol. The molecular formula is C27H34N2O3. The molecule has 3 rings (SSSR count). The van der Waals surface area contributed by atoms with Gasteiger partial charge in [0.1, 0.15) is 0 Å². The van der Waals surface area contributed by atoms with E-state index in [-0.39, 0.29) is 12.6 Å². The van der Waals surface area contributed by atoms with Crippen LogP contribution in [0, 0.1) is 0 Å². The Bertz CT molecular complexity index is 1020. The second-order valence-electron chi connectivity index (χ2n) is 9.35. The van der Waals surface area contributed by atoms with Gasteiger partial charge in [-0.1, -0.05) is 72.8 Å². The molecule has 0 aliphatic carbocycles. The number of nitrogens with one attached hydrogen (secondary N) is 1. The number of nitrogens with zero attached hydrogens (tertiary/aromatic N) is 1. The van der Waals surface area contributed by atoms with Crippen LogP contribution >= 0.6 is 0 Å². The largest absolute Gasteiger partial charge is 0.465 e. The first-order valence-corrected chi connectivity index (χ1v) is 11.1. The average Bonchev–Trinajstić information content (AvgIpc) is 2.76. The van der Waals surface area contributed by atoms with Crippen LogP contribution in [0.25, 0.3) is 10.8 Å². The standard InChI is InChI=1S/C27H34N2O3/c1-19(22-16-10-14-21-13-8-9-15-23(21)22)28-18-25(30)24(17-20-11-6-5-7-12-20)29(26(31)32)27(2,3)4/h5-16,19,24-25,28,30H,17-18H2,1-4H3,(H,31,32)/t19-,24+,25-/m1/s1. The first-order chi connectivity index (χ1) is 15.2. The van der Waals surface area contributed by atoms with Crippen molar-refractivity contribution in [2.75, 3.05) is 6.54 Å². The molecule has 3 atom stereocenters. The number of aliphatic hydroxyl groups excluding tert-OH is 1.